The molecule has 0 aromatic carbocycles. The minimum Gasteiger partial charge on any atom is -0.396 e. The summed E-state index contributed by atoms with van der Waals surface area (Å²) in [4.78, 5) is 11.0. The molecule has 5 heteroatoms. The van der Waals surface area contributed by atoms with E-state index in [1.807, 2.05) is 39.1 Å². The fourth-order valence-corrected chi connectivity index (χ4v) is 2.33. The number of aliphatic hydroxyl groups excluding tert-OH is 1. The first-order chi connectivity index (χ1) is 12.4. The average molecular weight is 365 g/mol. The molecule has 0 aliphatic heterocycles. The Hall–Kier alpha value is -1.30. The Morgan fingerprint density at radius 1 is 1.23 bits per heavy atom. The molecular weight excluding hydrogens is 324 g/mol. The van der Waals surface area contributed by atoms with E-state index in [1.165, 1.54) is 13.0 Å². The summed E-state index contributed by atoms with van der Waals surface area (Å²) in [6, 6.07) is 0. The van der Waals surface area contributed by atoms with Crippen molar-refractivity contribution in [1.29, 1.82) is 0 Å². The van der Waals surface area contributed by atoms with Crippen molar-refractivity contribution in [2.75, 3.05) is 45.9 Å². The molecule has 0 rings (SSSR count). The van der Waals surface area contributed by atoms with Gasteiger partial charge in [-0.15, -0.1) is 0 Å². The van der Waals surface area contributed by atoms with Crippen LogP contribution in [0.1, 0.15) is 47.5 Å². The number of hydrogen-bond acceptors (Lipinski definition) is 5. The third kappa shape index (κ3) is 12.1. The van der Waals surface area contributed by atoms with Crippen LogP contribution in [0.3, 0.4) is 0 Å². The van der Waals surface area contributed by atoms with Gasteiger partial charge in [-0.2, -0.15) is 0 Å². The van der Waals surface area contributed by atoms with Crippen molar-refractivity contribution in [1.82, 2.24) is 10.2 Å². The lowest BCUT2D eigenvalue weighted by atomic mass is 9.95. The molecule has 26 heavy (non-hydrogen) atoms. The third-order valence-corrected chi connectivity index (χ3v) is 4.34. The van der Waals surface area contributed by atoms with Gasteiger partial charge in [-0.1, -0.05) is 33.8 Å². The second-order valence-corrected chi connectivity index (χ2v) is 7.29. The van der Waals surface area contributed by atoms with Crippen LogP contribution >= 0.6 is 0 Å². The number of rotatable bonds is 15. The minimum atomic E-state index is -0.189. The Morgan fingerprint density at radius 2 is 1.92 bits per heavy atom. The summed E-state index contributed by atoms with van der Waals surface area (Å²) in [6.07, 6.45) is 8.22. The molecule has 0 aliphatic carbocycles. The second kappa shape index (κ2) is 14.8. The lowest BCUT2D eigenvalue weighted by molar-refractivity contribution is 0.167. The van der Waals surface area contributed by atoms with Gasteiger partial charge in [-0.3, -0.25) is 9.98 Å². The first kappa shape index (κ1) is 24.7. The molecule has 0 heterocycles. The highest BCUT2D eigenvalue weighted by Crippen LogP contribution is 2.13. The number of aliphatic imine (C=N–C) groups is 2. The fraction of sp³-hybridized carbons (Fsp3) is 0.714. The van der Waals surface area contributed by atoms with Gasteiger partial charge in [0, 0.05) is 31.3 Å². The summed E-state index contributed by atoms with van der Waals surface area (Å²) >= 11 is 0. The monoisotopic (exact) mass is 364 g/mol. The van der Waals surface area contributed by atoms with Crippen molar-refractivity contribution >= 4 is 12.9 Å². The number of allylic oxidation sites excluding steroid dienone is 3. The Morgan fingerprint density at radius 3 is 2.46 bits per heavy atom. The number of hydrogen-bond donors (Lipinski definition) is 2. The summed E-state index contributed by atoms with van der Waals surface area (Å²) in [6.45, 7) is 19.9. The molecule has 0 aliphatic rings. The smallest absolute Gasteiger partial charge is 0.0540 e. The van der Waals surface area contributed by atoms with Gasteiger partial charge in [0.05, 0.1) is 5.70 Å². The zero-order valence-corrected chi connectivity index (χ0v) is 17.6. The molecule has 0 fully saturated rings. The van der Waals surface area contributed by atoms with Crippen molar-refractivity contribution in [2.45, 2.75) is 47.5 Å². The van der Waals surface area contributed by atoms with E-state index in [2.05, 4.69) is 40.8 Å². The summed E-state index contributed by atoms with van der Waals surface area (Å²) in [5.74, 6) is 0. The standard InChI is InChI=1S/C21H40N4O/c1-7-19(15-24-17-21(4,5)18-26)14-20(22-6)16-23-12-10-11-13-25(8-2)9-3/h7,14-15,23,26H,6,8-13,16-18H2,1-5H3/b19-7+,20-14-,24-15+. The van der Waals surface area contributed by atoms with Gasteiger partial charge in [-0.25, -0.2) is 0 Å². The topological polar surface area (TPSA) is 60.2 Å². The molecule has 0 atom stereocenters. The summed E-state index contributed by atoms with van der Waals surface area (Å²) in [5, 5.41) is 12.7. The largest absolute Gasteiger partial charge is 0.396 e. The van der Waals surface area contributed by atoms with Gasteiger partial charge in [0.15, 0.2) is 0 Å². The molecule has 0 radical (unpaired) electrons. The molecule has 150 valence electrons. The van der Waals surface area contributed by atoms with Crippen LogP contribution in [0.5, 0.6) is 0 Å². The van der Waals surface area contributed by atoms with Gasteiger partial charge < -0.3 is 15.3 Å². The van der Waals surface area contributed by atoms with Crippen molar-refractivity contribution in [3.8, 4) is 0 Å². The van der Waals surface area contributed by atoms with Crippen LogP contribution in [0.15, 0.2) is 33.4 Å². The third-order valence-electron chi connectivity index (χ3n) is 4.34. The van der Waals surface area contributed by atoms with Crippen LogP contribution in [-0.4, -0.2) is 68.8 Å². The Balaban J connectivity index is 4.31. The maximum atomic E-state index is 9.28. The predicted molar refractivity (Wildman–Crippen MR) is 116 cm³/mol. The molecule has 0 spiro atoms. The van der Waals surface area contributed by atoms with Gasteiger partial charge in [0.1, 0.15) is 0 Å². The van der Waals surface area contributed by atoms with E-state index in [-0.39, 0.29) is 12.0 Å². The van der Waals surface area contributed by atoms with Gasteiger partial charge in [0.25, 0.3) is 0 Å². The average Bonchev–Trinajstić information content (AvgIpc) is 2.65. The summed E-state index contributed by atoms with van der Waals surface area (Å²) in [5.41, 5.74) is 1.73. The molecule has 0 bridgehead atoms. The van der Waals surface area contributed by atoms with Gasteiger partial charge >= 0.3 is 0 Å². The molecule has 0 saturated carbocycles. The molecule has 0 amide bonds. The van der Waals surface area contributed by atoms with E-state index in [9.17, 15) is 5.11 Å². The zero-order chi connectivity index (χ0) is 19.8. The predicted octanol–water partition coefficient (Wildman–Crippen LogP) is 3.32. The molecule has 0 unspecified atom stereocenters. The summed E-state index contributed by atoms with van der Waals surface area (Å²) in [7, 11) is 0. The second-order valence-electron chi connectivity index (χ2n) is 7.29. The van der Waals surface area contributed by atoms with Crippen LogP contribution in [0.25, 0.3) is 0 Å². The zero-order valence-electron chi connectivity index (χ0n) is 17.6. The molecule has 0 saturated heterocycles. The van der Waals surface area contributed by atoms with Crippen LogP contribution in [0, 0.1) is 5.41 Å². The normalized spacial score (nSPS) is 13.8. The molecule has 5 nitrogen and oxygen atoms in total. The number of nitrogens with zero attached hydrogens (tertiary/aromatic N) is 3. The maximum absolute atomic E-state index is 9.28. The van der Waals surface area contributed by atoms with E-state index < -0.39 is 0 Å². The van der Waals surface area contributed by atoms with Gasteiger partial charge in [0.2, 0.25) is 0 Å². The first-order valence-corrected chi connectivity index (χ1v) is 9.79. The van der Waals surface area contributed by atoms with Crippen LogP contribution in [0.4, 0.5) is 0 Å². The molecular formula is C21H40N4O. The highest BCUT2D eigenvalue weighted by Gasteiger charge is 2.14. The lowest BCUT2D eigenvalue weighted by Crippen LogP contribution is -2.25. The van der Waals surface area contributed by atoms with Crippen molar-refractivity contribution in [3.05, 3.63) is 23.4 Å². The lowest BCUT2D eigenvalue weighted by Gasteiger charge is -2.18. The van der Waals surface area contributed by atoms with E-state index in [4.69, 9.17) is 0 Å². The Bertz CT molecular complexity index is 463. The fourth-order valence-electron chi connectivity index (χ4n) is 2.33. The summed E-state index contributed by atoms with van der Waals surface area (Å²) < 4.78 is 0. The highest BCUT2D eigenvalue weighted by molar-refractivity contribution is 5.82. The van der Waals surface area contributed by atoms with E-state index in [1.54, 1.807) is 0 Å². The van der Waals surface area contributed by atoms with Crippen LogP contribution in [0.2, 0.25) is 0 Å². The van der Waals surface area contributed by atoms with Crippen molar-refractivity contribution in [3.63, 3.8) is 0 Å². The number of aliphatic hydroxyl groups is 1. The molecule has 0 aromatic heterocycles. The number of unbranched alkanes of at least 4 members (excludes halogenated alkanes) is 1. The quantitative estimate of drug-likeness (QED) is 0.266. The highest BCUT2D eigenvalue weighted by atomic mass is 16.3. The molecule has 0 aromatic rings. The van der Waals surface area contributed by atoms with Crippen molar-refractivity contribution in [2.24, 2.45) is 15.4 Å². The Labute approximate surface area is 161 Å². The van der Waals surface area contributed by atoms with Gasteiger partial charge in [-0.05, 0) is 64.3 Å². The van der Waals surface area contributed by atoms with Crippen LogP contribution in [-0.2, 0) is 0 Å². The van der Waals surface area contributed by atoms with Crippen molar-refractivity contribution < 1.29 is 5.11 Å². The SMILES string of the molecule is C=N\C(=C/C(/C=N/CC(C)(C)CO)=C\C)CNCCCCN(CC)CC. The Kier molecular flexibility index (Phi) is 14.1. The van der Waals surface area contributed by atoms with E-state index in [0.717, 1.165) is 37.3 Å². The van der Waals surface area contributed by atoms with E-state index in [0.29, 0.717) is 13.1 Å². The maximum Gasteiger partial charge on any atom is 0.0540 e. The van der Waals surface area contributed by atoms with Crippen LogP contribution < -0.4 is 5.32 Å². The van der Waals surface area contributed by atoms with E-state index >= 15 is 0 Å². The number of nitrogens with one attached hydrogen (secondary N) is 1. The first-order valence-electron chi connectivity index (χ1n) is 9.79. The minimum absolute atomic E-state index is 0.128. The molecule has 2 N–H and O–H groups in total.